The zero-order valence-corrected chi connectivity index (χ0v) is 19.4. The Morgan fingerprint density at radius 2 is 1.97 bits per heavy atom. The molecule has 2 atom stereocenters. The summed E-state index contributed by atoms with van der Waals surface area (Å²) in [6.45, 7) is 1.24. The van der Waals surface area contributed by atoms with Crippen LogP contribution >= 0.6 is 0 Å². The topological polar surface area (TPSA) is 157 Å². The molecule has 1 saturated carbocycles. The van der Waals surface area contributed by atoms with Crippen molar-refractivity contribution in [3.05, 3.63) is 78.5 Å². The lowest BCUT2D eigenvalue weighted by atomic mass is 10.2. The van der Waals surface area contributed by atoms with E-state index in [4.69, 9.17) is 14.9 Å². The number of fused-ring (bicyclic) bond motifs is 1. The smallest absolute Gasteiger partial charge is 0.328 e. The highest BCUT2D eigenvalue weighted by Gasteiger charge is 2.39. The Balaban J connectivity index is 0.000000331. The number of pyridine rings is 1. The second-order valence-electron chi connectivity index (χ2n) is 8.09. The van der Waals surface area contributed by atoms with Gasteiger partial charge in [-0.25, -0.2) is 9.59 Å². The average molecular weight is 492 g/mol. The maximum absolute atomic E-state index is 9.55. The summed E-state index contributed by atoms with van der Waals surface area (Å²) in [6.07, 6.45) is 7.73. The molecular weight excluding hydrogens is 466 g/mol. The fourth-order valence-electron chi connectivity index (χ4n) is 3.55. The van der Waals surface area contributed by atoms with Gasteiger partial charge in [0, 0.05) is 61.3 Å². The highest BCUT2D eigenvalue weighted by Crippen LogP contribution is 2.46. The summed E-state index contributed by atoms with van der Waals surface area (Å²) >= 11 is 0. The third-order valence-electron chi connectivity index (χ3n) is 5.36. The predicted molar refractivity (Wildman–Crippen MR) is 129 cm³/mol. The maximum atomic E-state index is 9.55. The van der Waals surface area contributed by atoms with E-state index in [9.17, 15) is 9.59 Å². The molecule has 36 heavy (non-hydrogen) atoms. The van der Waals surface area contributed by atoms with Crippen molar-refractivity contribution in [2.45, 2.75) is 18.9 Å². The van der Waals surface area contributed by atoms with Crippen molar-refractivity contribution in [3.8, 4) is 5.88 Å². The molecule has 0 bridgehead atoms. The van der Waals surface area contributed by atoms with E-state index in [2.05, 4.69) is 31.5 Å². The third-order valence-corrected chi connectivity index (χ3v) is 5.36. The van der Waals surface area contributed by atoms with Crippen LogP contribution in [0.3, 0.4) is 0 Å². The normalized spacial score (nSPS) is 16.4. The van der Waals surface area contributed by atoms with Crippen molar-refractivity contribution in [1.29, 1.82) is 0 Å². The van der Waals surface area contributed by atoms with Crippen LogP contribution in [0.5, 0.6) is 5.88 Å². The minimum Gasteiger partial charge on any atom is -0.478 e. The molecular formula is C24H25N7O5. The van der Waals surface area contributed by atoms with Gasteiger partial charge in [0.15, 0.2) is 5.65 Å². The van der Waals surface area contributed by atoms with Gasteiger partial charge in [-0.1, -0.05) is 6.07 Å². The molecule has 3 N–H and O–H groups in total. The van der Waals surface area contributed by atoms with Crippen LogP contribution in [0.15, 0.2) is 67.1 Å². The maximum Gasteiger partial charge on any atom is 0.328 e. The summed E-state index contributed by atoms with van der Waals surface area (Å²) in [6, 6.07) is 11.8. The van der Waals surface area contributed by atoms with Gasteiger partial charge in [0.05, 0.1) is 25.0 Å². The Morgan fingerprint density at radius 3 is 2.64 bits per heavy atom. The zero-order chi connectivity index (χ0) is 25.5. The Hall–Kier alpha value is -4.74. The summed E-state index contributed by atoms with van der Waals surface area (Å²) < 4.78 is 9.57. The van der Waals surface area contributed by atoms with Crippen LogP contribution in [0.4, 0.5) is 5.82 Å². The van der Waals surface area contributed by atoms with Crippen LogP contribution in [-0.4, -0.2) is 58.1 Å². The predicted octanol–water partition coefficient (Wildman–Crippen LogP) is 2.36. The first-order valence-corrected chi connectivity index (χ1v) is 11.1. The van der Waals surface area contributed by atoms with E-state index < -0.39 is 11.9 Å². The first kappa shape index (κ1) is 24.4. The monoisotopic (exact) mass is 491 g/mol. The molecule has 4 aromatic rings. The number of carboxylic acids is 2. The molecule has 4 aromatic heterocycles. The number of nitrogens with one attached hydrogen (secondary N) is 1. The summed E-state index contributed by atoms with van der Waals surface area (Å²) in [7, 11) is 1.91. The number of carbonyl (C=O) groups is 2. The Bertz CT molecular complexity index is 1350. The SMILES string of the molecule is Cn1ccc(CNc2cc(OC[C@H]3C[C@@H]3c3ccccn3)nc3ccnn23)n1.O=C(O)C=CC(=O)O. The molecule has 1 aliphatic rings. The lowest BCUT2D eigenvalue weighted by Crippen LogP contribution is -2.09. The Labute approximate surface area is 205 Å². The van der Waals surface area contributed by atoms with Crippen molar-refractivity contribution in [3.63, 3.8) is 0 Å². The standard InChI is InChI=1S/C20H21N7O.C4H4O4/c1-26-9-6-15(25-26)12-22-19-11-20(24-18-5-8-23-27(18)19)28-13-14-10-16(14)17-4-2-3-7-21-17;5-3(6)1-2-4(7)8/h2-9,11,14,16,22H,10,12-13H2,1H3;1-2H,(H,5,6)(H,7,8)/t14-,16+;/m1./s1. The van der Waals surface area contributed by atoms with Crippen LogP contribution in [-0.2, 0) is 23.2 Å². The highest BCUT2D eigenvalue weighted by molar-refractivity contribution is 5.89. The van der Waals surface area contributed by atoms with Gasteiger partial charge in [-0.05, 0) is 24.6 Å². The number of carboxylic acid groups (broad SMARTS) is 2. The molecule has 0 radical (unpaired) electrons. The van der Waals surface area contributed by atoms with Gasteiger partial charge in [0.1, 0.15) is 5.82 Å². The molecule has 12 nitrogen and oxygen atoms in total. The van der Waals surface area contributed by atoms with Crippen LogP contribution in [0, 0.1) is 5.92 Å². The summed E-state index contributed by atoms with van der Waals surface area (Å²) in [5, 5.41) is 27.7. The van der Waals surface area contributed by atoms with E-state index in [1.807, 2.05) is 49.8 Å². The first-order chi connectivity index (χ1) is 17.4. The Kier molecular flexibility index (Phi) is 7.54. The quantitative estimate of drug-likeness (QED) is 0.297. The molecule has 0 aliphatic heterocycles. The van der Waals surface area contributed by atoms with Crippen LogP contribution in [0.25, 0.3) is 5.65 Å². The Morgan fingerprint density at radius 1 is 1.17 bits per heavy atom. The zero-order valence-electron chi connectivity index (χ0n) is 19.4. The van der Waals surface area contributed by atoms with Crippen LogP contribution in [0.1, 0.15) is 23.7 Å². The molecule has 0 spiro atoms. The molecule has 186 valence electrons. The highest BCUT2D eigenvalue weighted by atomic mass is 16.5. The number of aryl methyl sites for hydroxylation is 1. The van der Waals surface area contributed by atoms with Crippen molar-refractivity contribution >= 4 is 23.4 Å². The fourth-order valence-corrected chi connectivity index (χ4v) is 3.55. The van der Waals surface area contributed by atoms with Gasteiger partial charge in [0.25, 0.3) is 0 Å². The molecule has 12 heteroatoms. The van der Waals surface area contributed by atoms with Gasteiger partial charge >= 0.3 is 11.9 Å². The molecule has 4 heterocycles. The van der Waals surface area contributed by atoms with Gasteiger partial charge in [-0.3, -0.25) is 9.67 Å². The number of aromatic nitrogens is 6. The minimum atomic E-state index is -1.26. The number of nitrogens with zero attached hydrogens (tertiary/aromatic N) is 6. The van der Waals surface area contributed by atoms with Crippen molar-refractivity contribution in [2.75, 3.05) is 11.9 Å². The second-order valence-corrected chi connectivity index (χ2v) is 8.09. The van der Waals surface area contributed by atoms with Crippen molar-refractivity contribution in [2.24, 2.45) is 13.0 Å². The molecule has 5 rings (SSSR count). The second kappa shape index (κ2) is 11.1. The number of anilines is 1. The fraction of sp³-hybridized carbons (Fsp3) is 0.250. The van der Waals surface area contributed by atoms with Gasteiger partial charge < -0.3 is 20.3 Å². The van der Waals surface area contributed by atoms with E-state index >= 15 is 0 Å². The summed E-state index contributed by atoms with van der Waals surface area (Å²) in [4.78, 5) is 28.1. The van der Waals surface area contributed by atoms with E-state index in [0.29, 0.717) is 43.0 Å². The first-order valence-electron chi connectivity index (χ1n) is 11.1. The lowest BCUT2D eigenvalue weighted by Gasteiger charge is -2.10. The summed E-state index contributed by atoms with van der Waals surface area (Å²) in [5.41, 5.74) is 2.85. The van der Waals surface area contributed by atoms with Crippen LogP contribution < -0.4 is 10.1 Å². The van der Waals surface area contributed by atoms with Gasteiger partial charge in [-0.15, -0.1) is 0 Å². The van der Waals surface area contributed by atoms with E-state index in [1.54, 1.807) is 15.4 Å². The average Bonchev–Trinajstić information content (AvgIpc) is 3.26. The van der Waals surface area contributed by atoms with Crippen molar-refractivity contribution in [1.82, 2.24) is 29.4 Å². The number of aliphatic carboxylic acids is 2. The summed E-state index contributed by atoms with van der Waals surface area (Å²) in [5.74, 6) is -0.111. The molecule has 0 saturated heterocycles. The molecule has 1 fully saturated rings. The third kappa shape index (κ3) is 6.65. The molecule has 1 aliphatic carbocycles. The van der Waals surface area contributed by atoms with Gasteiger partial charge in [0.2, 0.25) is 5.88 Å². The van der Waals surface area contributed by atoms with E-state index in [-0.39, 0.29) is 0 Å². The van der Waals surface area contributed by atoms with Crippen LogP contribution in [0.2, 0.25) is 0 Å². The lowest BCUT2D eigenvalue weighted by molar-refractivity contribution is -0.134. The number of hydrogen-bond acceptors (Lipinski definition) is 8. The number of rotatable bonds is 9. The minimum absolute atomic E-state index is 0.488. The molecule has 0 amide bonds. The molecule has 0 unspecified atom stereocenters. The largest absolute Gasteiger partial charge is 0.478 e. The van der Waals surface area contributed by atoms with Gasteiger partial charge in [-0.2, -0.15) is 19.7 Å². The number of ether oxygens (including phenoxy) is 1. The van der Waals surface area contributed by atoms with E-state index in [1.165, 1.54) is 0 Å². The van der Waals surface area contributed by atoms with Crippen molar-refractivity contribution < 1.29 is 24.5 Å². The van der Waals surface area contributed by atoms with E-state index in [0.717, 1.165) is 29.3 Å². The molecule has 0 aromatic carbocycles. The number of hydrogen-bond donors (Lipinski definition) is 3.